The Balaban J connectivity index is 1.85. The van der Waals surface area contributed by atoms with E-state index in [4.69, 9.17) is 0 Å². The number of para-hydroxylation sites is 1. The zero-order chi connectivity index (χ0) is 14.7. The molecule has 0 bridgehead atoms. The van der Waals surface area contributed by atoms with E-state index in [1.807, 2.05) is 60.8 Å². The molecule has 3 aromatic rings. The molecule has 0 N–H and O–H groups in total. The molecule has 1 heterocycles. The molecule has 0 saturated heterocycles. The van der Waals surface area contributed by atoms with E-state index in [9.17, 15) is 4.79 Å². The molecule has 0 aliphatic rings. The molecule has 1 aromatic heterocycles. The maximum atomic E-state index is 11.2. The average Bonchev–Trinajstić information content (AvgIpc) is 2.53. The molecule has 2 heteroatoms. The summed E-state index contributed by atoms with van der Waals surface area (Å²) in [6.07, 6.45) is 5.92. The summed E-state index contributed by atoms with van der Waals surface area (Å²) in [7, 11) is 0. The van der Waals surface area contributed by atoms with Crippen LogP contribution in [-0.2, 0) is 0 Å². The van der Waals surface area contributed by atoms with Crippen molar-refractivity contribution >= 4 is 28.8 Å². The van der Waals surface area contributed by atoms with E-state index in [0.29, 0.717) is 0 Å². The highest BCUT2D eigenvalue weighted by atomic mass is 16.1. The lowest BCUT2D eigenvalue weighted by molar-refractivity contribution is 0.101. The van der Waals surface area contributed by atoms with Crippen molar-refractivity contribution in [3.05, 3.63) is 77.5 Å². The van der Waals surface area contributed by atoms with E-state index in [0.717, 1.165) is 27.6 Å². The first kappa shape index (κ1) is 13.3. The van der Waals surface area contributed by atoms with Crippen LogP contribution in [0.2, 0.25) is 0 Å². The van der Waals surface area contributed by atoms with Crippen molar-refractivity contribution in [2.75, 3.05) is 0 Å². The lowest BCUT2D eigenvalue weighted by Crippen LogP contribution is -1.90. The second-order valence-electron chi connectivity index (χ2n) is 4.97. The van der Waals surface area contributed by atoms with Gasteiger partial charge in [-0.25, -0.2) is 0 Å². The maximum absolute atomic E-state index is 11.2. The standard InChI is InChI=1S/C19H15NO/c1-14(21)17-10-8-15(9-11-17)6-7-16-12-18-4-2-3-5-19(18)20-13-16/h2-13H,1H3/b7-6+. The smallest absolute Gasteiger partial charge is 0.159 e. The van der Waals surface area contributed by atoms with Crippen molar-refractivity contribution in [2.24, 2.45) is 0 Å². The van der Waals surface area contributed by atoms with Gasteiger partial charge in [0.2, 0.25) is 0 Å². The number of aromatic nitrogens is 1. The van der Waals surface area contributed by atoms with Gasteiger partial charge in [-0.3, -0.25) is 9.78 Å². The molecule has 0 spiro atoms. The van der Waals surface area contributed by atoms with Gasteiger partial charge in [0, 0.05) is 17.1 Å². The number of pyridine rings is 1. The molecular formula is C19H15NO. The maximum Gasteiger partial charge on any atom is 0.159 e. The SMILES string of the molecule is CC(=O)c1ccc(/C=C/c2cnc3ccccc3c2)cc1. The number of ketones is 1. The Morgan fingerprint density at radius 1 is 0.952 bits per heavy atom. The Morgan fingerprint density at radius 3 is 2.43 bits per heavy atom. The number of hydrogen-bond acceptors (Lipinski definition) is 2. The predicted octanol–water partition coefficient (Wildman–Crippen LogP) is 4.61. The van der Waals surface area contributed by atoms with Crippen molar-refractivity contribution in [1.29, 1.82) is 0 Å². The highest BCUT2D eigenvalue weighted by Gasteiger charge is 1.97. The molecule has 2 nitrogen and oxygen atoms in total. The van der Waals surface area contributed by atoms with Crippen LogP contribution >= 0.6 is 0 Å². The van der Waals surface area contributed by atoms with Crippen molar-refractivity contribution in [1.82, 2.24) is 4.98 Å². The fourth-order valence-corrected chi connectivity index (χ4v) is 2.20. The summed E-state index contributed by atoms with van der Waals surface area (Å²) in [6.45, 7) is 1.57. The van der Waals surface area contributed by atoms with Gasteiger partial charge in [0.05, 0.1) is 5.52 Å². The molecule has 0 fully saturated rings. The summed E-state index contributed by atoms with van der Waals surface area (Å²) in [5.41, 5.74) is 3.86. The lowest BCUT2D eigenvalue weighted by atomic mass is 10.1. The number of carbonyl (C=O) groups excluding carboxylic acids is 1. The molecule has 102 valence electrons. The Hall–Kier alpha value is -2.74. The second kappa shape index (κ2) is 5.71. The fraction of sp³-hybridized carbons (Fsp3) is 0.0526. The van der Waals surface area contributed by atoms with Crippen LogP contribution in [0.4, 0.5) is 0 Å². The average molecular weight is 273 g/mol. The third kappa shape index (κ3) is 3.06. The highest BCUT2D eigenvalue weighted by molar-refractivity contribution is 5.94. The Morgan fingerprint density at radius 2 is 1.67 bits per heavy atom. The quantitative estimate of drug-likeness (QED) is 0.652. The Labute approximate surface area is 123 Å². The largest absolute Gasteiger partial charge is 0.295 e. The summed E-state index contributed by atoms with van der Waals surface area (Å²) >= 11 is 0. The van der Waals surface area contributed by atoms with Gasteiger partial charge in [-0.1, -0.05) is 54.6 Å². The van der Waals surface area contributed by atoms with Gasteiger partial charge >= 0.3 is 0 Å². The Kier molecular flexibility index (Phi) is 3.61. The highest BCUT2D eigenvalue weighted by Crippen LogP contribution is 2.15. The van der Waals surface area contributed by atoms with Gasteiger partial charge < -0.3 is 0 Å². The van der Waals surface area contributed by atoms with Crippen LogP contribution in [0.3, 0.4) is 0 Å². The predicted molar refractivity (Wildman–Crippen MR) is 87.1 cm³/mol. The topological polar surface area (TPSA) is 30.0 Å². The molecule has 0 amide bonds. The summed E-state index contributed by atoms with van der Waals surface area (Å²) in [5.74, 6) is 0.0873. The molecule has 0 saturated carbocycles. The van der Waals surface area contributed by atoms with Crippen molar-refractivity contribution < 1.29 is 4.79 Å². The molecule has 0 radical (unpaired) electrons. The van der Waals surface area contributed by atoms with Crippen molar-refractivity contribution in [2.45, 2.75) is 6.92 Å². The molecule has 21 heavy (non-hydrogen) atoms. The van der Waals surface area contributed by atoms with Gasteiger partial charge in [0.25, 0.3) is 0 Å². The van der Waals surface area contributed by atoms with E-state index in [1.54, 1.807) is 6.92 Å². The normalized spacial score (nSPS) is 11.1. The minimum absolute atomic E-state index is 0.0873. The lowest BCUT2D eigenvalue weighted by Gasteiger charge is -1.99. The molecular weight excluding hydrogens is 258 g/mol. The van der Waals surface area contributed by atoms with Gasteiger partial charge in [-0.2, -0.15) is 0 Å². The van der Waals surface area contributed by atoms with Crippen molar-refractivity contribution in [3.8, 4) is 0 Å². The molecule has 2 aromatic carbocycles. The molecule has 0 aliphatic heterocycles. The number of fused-ring (bicyclic) bond motifs is 1. The van der Waals surface area contributed by atoms with Crippen LogP contribution in [0.25, 0.3) is 23.1 Å². The molecule has 3 rings (SSSR count). The number of hydrogen-bond donors (Lipinski definition) is 0. The zero-order valence-electron chi connectivity index (χ0n) is 11.8. The van der Waals surface area contributed by atoms with Crippen LogP contribution in [0.5, 0.6) is 0 Å². The number of benzene rings is 2. The van der Waals surface area contributed by atoms with Crippen LogP contribution in [-0.4, -0.2) is 10.8 Å². The molecule has 0 unspecified atom stereocenters. The molecule has 0 atom stereocenters. The number of carbonyl (C=O) groups is 1. The van der Waals surface area contributed by atoms with E-state index in [2.05, 4.69) is 17.1 Å². The fourth-order valence-electron chi connectivity index (χ4n) is 2.20. The number of rotatable bonds is 3. The van der Waals surface area contributed by atoms with Crippen LogP contribution in [0.15, 0.2) is 60.8 Å². The van der Waals surface area contributed by atoms with E-state index >= 15 is 0 Å². The summed E-state index contributed by atoms with van der Waals surface area (Å²) < 4.78 is 0. The van der Waals surface area contributed by atoms with Crippen LogP contribution in [0, 0.1) is 0 Å². The van der Waals surface area contributed by atoms with E-state index in [1.165, 1.54) is 0 Å². The molecule has 0 aliphatic carbocycles. The van der Waals surface area contributed by atoms with E-state index < -0.39 is 0 Å². The minimum Gasteiger partial charge on any atom is -0.295 e. The third-order valence-corrected chi connectivity index (χ3v) is 3.40. The van der Waals surface area contributed by atoms with E-state index in [-0.39, 0.29) is 5.78 Å². The van der Waals surface area contributed by atoms with Gasteiger partial charge in [-0.05, 0) is 30.2 Å². The summed E-state index contributed by atoms with van der Waals surface area (Å²) in [6, 6.07) is 17.8. The second-order valence-corrected chi connectivity index (χ2v) is 4.97. The number of nitrogens with zero attached hydrogens (tertiary/aromatic N) is 1. The minimum atomic E-state index is 0.0873. The van der Waals surface area contributed by atoms with Gasteiger partial charge in [-0.15, -0.1) is 0 Å². The van der Waals surface area contributed by atoms with Crippen LogP contribution in [0.1, 0.15) is 28.4 Å². The monoisotopic (exact) mass is 273 g/mol. The van der Waals surface area contributed by atoms with Crippen LogP contribution < -0.4 is 0 Å². The number of Topliss-reactive ketones (excluding diaryl/α,β-unsaturated/α-hetero) is 1. The first-order valence-corrected chi connectivity index (χ1v) is 6.86. The third-order valence-electron chi connectivity index (χ3n) is 3.40. The first-order chi connectivity index (χ1) is 10.2. The zero-order valence-corrected chi connectivity index (χ0v) is 11.8. The summed E-state index contributed by atoms with van der Waals surface area (Å²) in [5, 5.41) is 1.13. The van der Waals surface area contributed by atoms with Crippen molar-refractivity contribution in [3.63, 3.8) is 0 Å². The van der Waals surface area contributed by atoms with Gasteiger partial charge in [0.1, 0.15) is 0 Å². The van der Waals surface area contributed by atoms with Gasteiger partial charge in [0.15, 0.2) is 5.78 Å². The first-order valence-electron chi connectivity index (χ1n) is 6.86. The summed E-state index contributed by atoms with van der Waals surface area (Å²) in [4.78, 5) is 15.7. The Bertz CT molecular complexity index is 816.